The Kier molecular flexibility index (Phi) is 7.71. The van der Waals surface area contributed by atoms with E-state index in [0.29, 0.717) is 19.8 Å². The third kappa shape index (κ3) is 6.93. The molecule has 1 atom stereocenters. The topological polar surface area (TPSA) is 38.7 Å². The first-order chi connectivity index (χ1) is 9.95. The van der Waals surface area contributed by atoms with Crippen molar-refractivity contribution in [3.8, 4) is 0 Å². The van der Waals surface area contributed by atoms with Gasteiger partial charge < -0.3 is 14.6 Å². The summed E-state index contributed by atoms with van der Waals surface area (Å²) in [5, 5.41) is 9.82. The number of alkyl halides is 3. The molecule has 0 bridgehead atoms. The van der Waals surface area contributed by atoms with E-state index in [-0.39, 0.29) is 12.2 Å². The lowest BCUT2D eigenvalue weighted by Crippen LogP contribution is -2.13. The molecule has 0 aromatic heterocycles. The summed E-state index contributed by atoms with van der Waals surface area (Å²) >= 11 is 0. The molecule has 1 aromatic carbocycles. The van der Waals surface area contributed by atoms with Gasteiger partial charge in [0.15, 0.2) is 0 Å². The third-order valence-electron chi connectivity index (χ3n) is 2.89. The molecule has 1 unspecified atom stereocenters. The summed E-state index contributed by atoms with van der Waals surface area (Å²) in [5.41, 5.74) is -0.585. The molecule has 1 rings (SSSR count). The van der Waals surface area contributed by atoms with E-state index in [1.165, 1.54) is 12.1 Å². The van der Waals surface area contributed by atoms with Crippen molar-refractivity contribution in [2.24, 2.45) is 0 Å². The van der Waals surface area contributed by atoms with Crippen LogP contribution < -0.4 is 0 Å². The minimum atomic E-state index is -4.41. The SMILES string of the molecule is CCCCOCCOCC(O)c1cccc(C(F)(F)F)c1. The van der Waals surface area contributed by atoms with E-state index in [1.807, 2.05) is 0 Å². The summed E-state index contributed by atoms with van der Waals surface area (Å²) in [4.78, 5) is 0. The Bertz CT molecular complexity index is 407. The zero-order valence-electron chi connectivity index (χ0n) is 12.0. The number of aliphatic hydroxyl groups is 1. The van der Waals surface area contributed by atoms with E-state index >= 15 is 0 Å². The standard InChI is InChI=1S/C15H21F3O3/c1-2-3-7-20-8-9-21-11-14(19)12-5-4-6-13(10-12)15(16,17)18/h4-6,10,14,19H,2-3,7-9,11H2,1H3. The van der Waals surface area contributed by atoms with Gasteiger partial charge >= 0.3 is 6.18 Å². The number of hydrogen-bond acceptors (Lipinski definition) is 3. The van der Waals surface area contributed by atoms with Gasteiger partial charge in [-0.15, -0.1) is 0 Å². The molecule has 0 fully saturated rings. The van der Waals surface area contributed by atoms with Crippen LogP contribution in [-0.4, -0.2) is 31.5 Å². The van der Waals surface area contributed by atoms with Crippen LogP contribution in [-0.2, 0) is 15.7 Å². The normalized spacial score (nSPS) is 13.4. The maximum absolute atomic E-state index is 12.6. The average Bonchev–Trinajstić information content (AvgIpc) is 2.45. The highest BCUT2D eigenvalue weighted by molar-refractivity contribution is 5.27. The number of ether oxygens (including phenoxy) is 2. The van der Waals surface area contributed by atoms with Crippen molar-refractivity contribution in [3.63, 3.8) is 0 Å². The van der Waals surface area contributed by atoms with Crippen LogP contribution in [0.1, 0.15) is 37.0 Å². The first kappa shape index (κ1) is 17.9. The molecule has 0 saturated carbocycles. The molecule has 6 heteroatoms. The molecule has 21 heavy (non-hydrogen) atoms. The third-order valence-corrected chi connectivity index (χ3v) is 2.89. The maximum Gasteiger partial charge on any atom is 0.416 e. The van der Waals surface area contributed by atoms with Crippen LogP contribution in [0.25, 0.3) is 0 Å². The Morgan fingerprint density at radius 3 is 2.52 bits per heavy atom. The van der Waals surface area contributed by atoms with Crippen molar-refractivity contribution in [1.82, 2.24) is 0 Å². The monoisotopic (exact) mass is 306 g/mol. The van der Waals surface area contributed by atoms with Gasteiger partial charge in [-0.25, -0.2) is 0 Å². The molecular weight excluding hydrogens is 285 g/mol. The van der Waals surface area contributed by atoms with Gasteiger partial charge in [-0.3, -0.25) is 0 Å². The Morgan fingerprint density at radius 1 is 1.14 bits per heavy atom. The molecule has 0 amide bonds. The summed E-state index contributed by atoms with van der Waals surface area (Å²) in [6.07, 6.45) is -3.46. The lowest BCUT2D eigenvalue weighted by molar-refractivity contribution is -0.137. The number of hydrogen-bond donors (Lipinski definition) is 1. The number of rotatable bonds is 9. The van der Waals surface area contributed by atoms with Crippen LogP contribution in [0.15, 0.2) is 24.3 Å². The van der Waals surface area contributed by atoms with Crippen LogP contribution in [0.4, 0.5) is 13.2 Å². The van der Waals surface area contributed by atoms with Crippen molar-refractivity contribution in [1.29, 1.82) is 0 Å². The van der Waals surface area contributed by atoms with Crippen LogP contribution in [0.3, 0.4) is 0 Å². The van der Waals surface area contributed by atoms with E-state index in [4.69, 9.17) is 9.47 Å². The fourth-order valence-electron chi connectivity index (χ4n) is 1.68. The molecular formula is C15H21F3O3. The zero-order chi connectivity index (χ0) is 15.7. The lowest BCUT2D eigenvalue weighted by atomic mass is 10.1. The Hall–Kier alpha value is -1.11. The van der Waals surface area contributed by atoms with E-state index in [1.54, 1.807) is 0 Å². The summed E-state index contributed by atoms with van der Waals surface area (Å²) in [7, 11) is 0. The molecule has 1 N–H and O–H groups in total. The Morgan fingerprint density at radius 2 is 1.86 bits per heavy atom. The summed E-state index contributed by atoms with van der Waals surface area (Å²) in [6, 6.07) is 4.63. The quantitative estimate of drug-likeness (QED) is 0.709. The van der Waals surface area contributed by atoms with Gasteiger partial charge in [0.2, 0.25) is 0 Å². The molecule has 0 heterocycles. The van der Waals surface area contributed by atoms with Crippen LogP contribution in [0.5, 0.6) is 0 Å². The first-order valence-corrected chi connectivity index (χ1v) is 6.96. The van der Waals surface area contributed by atoms with Crippen molar-refractivity contribution >= 4 is 0 Å². The summed E-state index contributed by atoms with van der Waals surface area (Å²) in [6.45, 7) is 3.38. The van der Waals surface area contributed by atoms with Crippen molar-refractivity contribution in [2.75, 3.05) is 26.4 Å². The Balaban J connectivity index is 2.34. The highest BCUT2D eigenvalue weighted by atomic mass is 19.4. The van der Waals surface area contributed by atoms with Gasteiger partial charge in [-0.05, 0) is 24.1 Å². The van der Waals surface area contributed by atoms with Crippen molar-refractivity contribution in [3.05, 3.63) is 35.4 Å². The smallest absolute Gasteiger partial charge is 0.386 e. The molecule has 0 saturated heterocycles. The fourth-order valence-corrected chi connectivity index (χ4v) is 1.68. The highest BCUT2D eigenvalue weighted by Gasteiger charge is 2.30. The molecule has 0 aliphatic rings. The second-order valence-electron chi connectivity index (χ2n) is 4.68. The number of benzene rings is 1. The maximum atomic E-state index is 12.6. The second-order valence-corrected chi connectivity index (χ2v) is 4.68. The van der Waals surface area contributed by atoms with Crippen LogP contribution in [0, 0.1) is 0 Å². The van der Waals surface area contributed by atoms with E-state index in [9.17, 15) is 18.3 Å². The first-order valence-electron chi connectivity index (χ1n) is 6.96. The number of halogens is 3. The van der Waals surface area contributed by atoms with Crippen LogP contribution >= 0.6 is 0 Å². The van der Waals surface area contributed by atoms with Gasteiger partial charge in [-0.2, -0.15) is 13.2 Å². The highest BCUT2D eigenvalue weighted by Crippen LogP contribution is 2.30. The van der Waals surface area contributed by atoms with E-state index < -0.39 is 17.8 Å². The lowest BCUT2D eigenvalue weighted by Gasteiger charge is -2.14. The van der Waals surface area contributed by atoms with Crippen molar-refractivity contribution in [2.45, 2.75) is 32.0 Å². The largest absolute Gasteiger partial charge is 0.416 e. The number of unbranched alkanes of at least 4 members (excludes halogenated alkanes) is 1. The molecule has 1 aromatic rings. The molecule has 120 valence electrons. The predicted molar refractivity (Wildman–Crippen MR) is 72.9 cm³/mol. The van der Waals surface area contributed by atoms with Crippen molar-refractivity contribution < 1.29 is 27.8 Å². The zero-order valence-corrected chi connectivity index (χ0v) is 12.0. The van der Waals surface area contributed by atoms with Crippen LogP contribution in [0.2, 0.25) is 0 Å². The summed E-state index contributed by atoms with van der Waals surface area (Å²) in [5.74, 6) is 0. The molecule has 3 nitrogen and oxygen atoms in total. The minimum Gasteiger partial charge on any atom is -0.386 e. The van der Waals surface area contributed by atoms with Gasteiger partial charge in [-0.1, -0.05) is 25.5 Å². The predicted octanol–water partition coefficient (Wildman–Crippen LogP) is 3.57. The van der Waals surface area contributed by atoms with Gasteiger partial charge in [0, 0.05) is 6.61 Å². The number of aliphatic hydroxyl groups excluding tert-OH is 1. The average molecular weight is 306 g/mol. The minimum absolute atomic E-state index is 0.0571. The second kappa shape index (κ2) is 9.02. The molecule has 0 aliphatic heterocycles. The molecule has 0 radical (unpaired) electrons. The fraction of sp³-hybridized carbons (Fsp3) is 0.600. The molecule has 0 spiro atoms. The summed E-state index contributed by atoms with van der Waals surface area (Å²) < 4.78 is 48.1. The van der Waals surface area contributed by atoms with Gasteiger partial charge in [0.05, 0.1) is 25.4 Å². The van der Waals surface area contributed by atoms with E-state index in [0.717, 1.165) is 25.0 Å². The van der Waals surface area contributed by atoms with E-state index in [2.05, 4.69) is 6.92 Å². The van der Waals surface area contributed by atoms with Gasteiger partial charge in [0.25, 0.3) is 0 Å². The Labute approximate surface area is 122 Å². The van der Waals surface area contributed by atoms with Gasteiger partial charge in [0.1, 0.15) is 6.10 Å². The molecule has 0 aliphatic carbocycles.